The van der Waals surface area contributed by atoms with Crippen LogP contribution in [0.15, 0.2) is 82.2 Å². The smallest absolute Gasteiger partial charge is 0.261 e. The van der Waals surface area contributed by atoms with Crippen molar-refractivity contribution in [2.24, 2.45) is 0 Å². The van der Waals surface area contributed by atoms with Crippen LogP contribution < -0.4 is 14.3 Å². The van der Waals surface area contributed by atoms with Crippen LogP contribution >= 0.6 is 27.5 Å². The number of hydrogen-bond donors (Lipinski definition) is 2. The first kappa shape index (κ1) is 26.0. The van der Waals surface area contributed by atoms with Gasteiger partial charge in [-0.1, -0.05) is 27.5 Å². The van der Waals surface area contributed by atoms with Gasteiger partial charge in [0.1, 0.15) is 6.04 Å². The molecule has 0 radical (unpaired) electrons. The molecule has 0 spiro atoms. The fraction of sp³-hybridized carbons (Fsp3) is 0.136. The number of carbonyl (C=O) groups excluding carboxylic acids is 1. The van der Waals surface area contributed by atoms with E-state index in [1.54, 1.807) is 24.3 Å². The molecular weight excluding hydrogens is 566 g/mol. The summed E-state index contributed by atoms with van der Waals surface area (Å²) in [6, 6.07) is 17.2. The Labute approximate surface area is 212 Å². The summed E-state index contributed by atoms with van der Waals surface area (Å²) in [6.07, 6.45) is 1.00. The molecule has 0 aromatic heterocycles. The van der Waals surface area contributed by atoms with Gasteiger partial charge >= 0.3 is 0 Å². The Balaban J connectivity index is 1.75. The van der Waals surface area contributed by atoms with Crippen molar-refractivity contribution < 1.29 is 21.6 Å². The highest BCUT2D eigenvalue weighted by molar-refractivity contribution is 9.10. The van der Waals surface area contributed by atoms with Crippen molar-refractivity contribution in [3.63, 3.8) is 0 Å². The normalized spacial score (nSPS) is 12.6. The molecule has 0 bridgehead atoms. The van der Waals surface area contributed by atoms with Crippen molar-refractivity contribution in [1.82, 2.24) is 0 Å². The van der Waals surface area contributed by atoms with E-state index in [4.69, 9.17) is 11.6 Å². The standard InChI is InChI=1S/C22H21BrClN3O5S2/c1-15(27(33(2,29)30)20-11-5-17(24)6-12-20)22(28)25-18-9-13-21(14-10-18)34(31,32)26-19-7-3-16(23)4-8-19/h3-15,26H,1-2H3,(H,25,28). The summed E-state index contributed by atoms with van der Waals surface area (Å²) in [5, 5.41) is 3.05. The van der Waals surface area contributed by atoms with Crippen LogP contribution in [-0.4, -0.2) is 35.0 Å². The summed E-state index contributed by atoms with van der Waals surface area (Å²) in [5.74, 6) is -0.594. The predicted molar refractivity (Wildman–Crippen MR) is 138 cm³/mol. The molecule has 1 atom stereocenters. The van der Waals surface area contributed by atoms with E-state index in [0.29, 0.717) is 16.4 Å². The number of amides is 1. The molecule has 0 saturated heterocycles. The van der Waals surface area contributed by atoms with E-state index in [1.165, 1.54) is 55.5 Å². The second-order valence-electron chi connectivity index (χ2n) is 7.34. The number of rotatable bonds is 8. The van der Waals surface area contributed by atoms with Crippen LogP contribution in [0.2, 0.25) is 5.02 Å². The number of hydrogen-bond acceptors (Lipinski definition) is 5. The maximum Gasteiger partial charge on any atom is 0.261 e. The van der Waals surface area contributed by atoms with Crippen LogP contribution in [0.4, 0.5) is 17.1 Å². The van der Waals surface area contributed by atoms with Crippen LogP contribution in [0, 0.1) is 0 Å². The molecular formula is C22H21BrClN3O5S2. The number of carbonyl (C=O) groups is 1. The van der Waals surface area contributed by atoms with Crippen molar-refractivity contribution in [3.8, 4) is 0 Å². The van der Waals surface area contributed by atoms with Crippen LogP contribution in [0.3, 0.4) is 0 Å². The fourth-order valence-electron chi connectivity index (χ4n) is 3.09. The molecule has 0 saturated carbocycles. The number of nitrogens with zero attached hydrogens (tertiary/aromatic N) is 1. The minimum atomic E-state index is -3.84. The second-order valence-corrected chi connectivity index (χ2v) is 12.2. The van der Waals surface area contributed by atoms with Crippen LogP contribution in [-0.2, 0) is 24.8 Å². The molecule has 1 unspecified atom stereocenters. The van der Waals surface area contributed by atoms with Gasteiger partial charge in [-0.15, -0.1) is 0 Å². The summed E-state index contributed by atoms with van der Waals surface area (Å²) in [4.78, 5) is 12.8. The quantitative estimate of drug-likeness (QED) is 0.397. The molecule has 3 aromatic rings. The van der Waals surface area contributed by atoms with E-state index in [-0.39, 0.29) is 10.6 Å². The molecule has 12 heteroatoms. The Kier molecular flexibility index (Phi) is 7.91. The van der Waals surface area contributed by atoms with Crippen molar-refractivity contribution in [2.45, 2.75) is 17.9 Å². The van der Waals surface area contributed by atoms with Crippen molar-refractivity contribution in [3.05, 3.63) is 82.3 Å². The molecule has 180 valence electrons. The van der Waals surface area contributed by atoms with Crippen LogP contribution in [0.1, 0.15) is 6.92 Å². The number of nitrogens with one attached hydrogen (secondary N) is 2. The molecule has 0 aliphatic rings. The third kappa shape index (κ3) is 6.50. The zero-order valence-corrected chi connectivity index (χ0v) is 22.0. The van der Waals surface area contributed by atoms with Gasteiger partial charge in [-0.3, -0.25) is 13.8 Å². The first-order valence-corrected chi connectivity index (χ1v) is 14.3. The summed E-state index contributed by atoms with van der Waals surface area (Å²) in [5.41, 5.74) is 0.997. The summed E-state index contributed by atoms with van der Waals surface area (Å²) in [6.45, 7) is 1.45. The molecule has 0 aliphatic heterocycles. The summed E-state index contributed by atoms with van der Waals surface area (Å²) in [7, 11) is -7.62. The molecule has 8 nitrogen and oxygen atoms in total. The third-order valence-electron chi connectivity index (χ3n) is 4.70. The van der Waals surface area contributed by atoms with Gasteiger partial charge < -0.3 is 5.32 Å². The summed E-state index contributed by atoms with van der Waals surface area (Å²) >= 11 is 9.17. The molecule has 0 heterocycles. The number of benzene rings is 3. The van der Waals surface area contributed by atoms with Crippen molar-refractivity contribution in [1.29, 1.82) is 0 Å². The Morgan fingerprint density at radius 2 is 1.41 bits per heavy atom. The molecule has 2 N–H and O–H groups in total. The minimum Gasteiger partial charge on any atom is -0.324 e. The second kappa shape index (κ2) is 10.3. The zero-order valence-electron chi connectivity index (χ0n) is 18.1. The lowest BCUT2D eigenvalue weighted by Crippen LogP contribution is -2.45. The Morgan fingerprint density at radius 3 is 1.94 bits per heavy atom. The van der Waals surface area contributed by atoms with Gasteiger partial charge in [-0.05, 0) is 79.7 Å². The van der Waals surface area contributed by atoms with Gasteiger partial charge in [0.15, 0.2) is 0 Å². The van der Waals surface area contributed by atoms with Gasteiger partial charge in [-0.2, -0.15) is 0 Å². The molecule has 34 heavy (non-hydrogen) atoms. The van der Waals surface area contributed by atoms with Gasteiger partial charge in [0.25, 0.3) is 10.0 Å². The Hall–Kier alpha value is -2.60. The first-order valence-electron chi connectivity index (χ1n) is 9.81. The Bertz CT molecular complexity index is 1380. The molecule has 3 rings (SSSR count). The van der Waals surface area contributed by atoms with Crippen LogP contribution in [0.5, 0.6) is 0 Å². The average molecular weight is 587 g/mol. The van der Waals surface area contributed by atoms with E-state index in [2.05, 4.69) is 26.0 Å². The lowest BCUT2D eigenvalue weighted by molar-refractivity contribution is -0.116. The predicted octanol–water partition coefficient (Wildman–Crippen LogP) is 4.70. The average Bonchev–Trinajstić information content (AvgIpc) is 2.76. The SMILES string of the molecule is CC(C(=O)Nc1ccc(S(=O)(=O)Nc2ccc(Br)cc2)cc1)N(c1ccc(Cl)cc1)S(C)(=O)=O. The number of anilines is 3. The number of sulfonamides is 2. The van der Waals surface area contributed by atoms with E-state index in [1.807, 2.05) is 0 Å². The zero-order chi connectivity index (χ0) is 25.1. The van der Waals surface area contributed by atoms with Crippen molar-refractivity contribution >= 4 is 70.5 Å². The fourth-order valence-corrected chi connectivity index (χ4v) is 5.72. The van der Waals surface area contributed by atoms with E-state index >= 15 is 0 Å². The van der Waals surface area contributed by atoms with Gasteiger partial charge in [-0.25, -0.2) is 16.8 Å². The molecule has 0 aliphatic carbocycles. The molecule has 3 aromatic carbocycles. The largest absolute Gasteiger partial charge is 0.324 e. The van der Waals surface area contributed by atoms with Gasteiger partial charge in [0.05, 0.1) is 16.8 Å². The monoisotopic (exact) mass is 585 g/mol. The molecule has 0 fully saturated rings. The van der Waals surface area contributed by atoms with E-state index < -0.39 is 32.0 Å². The van der Waals surface area contributed by atoms with Gasteiger partial charge in [0, 0.05) is 20.9 Å². The lowest BCUT2D eigenvalue weighted by atomic mass is 10.2. The Morgan fingerprint density at radius 1 is 0.882 bits per heavy atom. The molecule has 1 amide bonds. The summed E-state index contributed by atoms with van der Waals surface area (Å²) < 4.78 is 54.3. The highest BCUT2D eigenvalue weighted by atomic mass is 79.9. The van der Waals surface area contributed by atoms with E-state index in [0.717, 1.165) is 15.0 Å². The highest BCUT2D eigenvalue weighted by Crippen LogP contribution is 2.24. The van der Waals surface area contributed by atoms with Gasteiger partial charge in [0.2, 0.25) is 15.9 Å². The highest BCUT2D eigenvalue weighted by Gasteiger charge is 2.29. The third-order valence-corrected chi connectivity index (χ3v) is 8.12. The first-order chi connectivity index (χ1) is 15.9. The maximum atomic E-state index is 12.8. The lowest BCUT2D eigenvalue weighted by Gasteiger charge is -2.28. The number of halogens is 2. The maximum absolute atomic E-state index is 12.8. The van der Waals surface area contributed by atoms with Crippen LogP contribution in [0.25, 0.3) is 0 Å². The minimum absolute atomic E-state index is 0.000364. The topological polar surface area (TPSA) is 113 Å². The van der Waals surface area contributed by atoms with Crippen molar-refractivity contribution in [2.75, 3.05) is 20.6 Å². The van der Waals surface area contributed by atoms with E-state index in [9.17, 15) is 21.6 Å².